The maximum Gasteiger partial charge on any atom is 0.451 e. The third-order valence-corrected chi connectivity index (χ3v) is 8.73. The average Bonchev–Trinajstić information content (AvgIpc) is 3.38. The number of nitrogens with two attached hydrogens (primary N) is 2. The predicted molar refractivity (Wildman–Crippen MR) is 118 cm³/mol. The van der Waals surface area contributed by atoms with Gasteiger partial charge in [0.15, 0.2) is 0 Å². The van der Waals surface area contributed by atoms with E-state index in [9.17, 15) is 18.3 Å². The number of aliphatic carboxylic acids is 1. The second-order valence-corrected chi connectivity index (χ2v) is 10.9. The van der Waals surface area contributed by atoms with E-state index in [2.05, 4.69) is 4.98 Å². The van der Waals surface area contributed by atoms with E-state index in [0.29, 0.717) is 25.0 Å². The van der Waals surface area contributed by atoms with Gasteiger partial charge in [0.2, 0.25) is 0 Å². The van der Waals surface area contributed by atoms with Crippen LogP contribution < -0.4 is 11.5 Å². The summed E-state index contributed by atoms with van der Waals surface area (Å²) in [6, 6.07) is 4.71. The lowest BCUT2D eigenvalue weighted by Crippen LogP contribution is -2.57. The molecule has 1 saturated heterocycles. The Labute approximate surface area is 188 Å². The van der Waals surface area contributed by atoms with Crippen LogP contribution in [-0.4, -0.2) is 80.5 Å². The third-order valence-electron chi connectivity index (χ3n) is 6.76. The fourth-order valence-electron chi connectivity index (χ4n) is 4.27. The lowest BCUT2D eigenvalue weighted by molar-refractivity contribution is -0.144. The molecule has 0 bridgehead atoms. The number of carboxylic acids is 1. The summed E-state index contributed by atoms with van der Waals surface area (Å²) in [6.07, 6.45) is 3.59. The van der Waals surface area contributed by atoms with Gasteiger partial charge in [-0.05, 0) is 44.6 Å². The molecule has 1 unspecified atom stereocenters. The minimum absolute atomic E-state index is 0.00576. The Morgan fingerprint density at radius 1 is 1.38 bits per heavy atom. The number of hydrogen-bond donors (Lipinski definition) is 5. The molecule has 0 radical (unpaired) electrons. The van der Waals surface area contributed by atoms with E-state index in [1.54, 1.807) is 31.3 Å². The molecule has 2 aliphatic rings. The number of nitrogens with zero attached hydrogens (tertiary/aromatic N) is 3. The number of hydrogen-bond acceptors (Lipinski definition) is 8. The second kappa shape index (κ2) is 9.33. The molecule has 1 saturated carbocycles. The molecule has 1 aromatic rings. The van der Waals surface area contributed by atoms with E-state index in [0.717, 1.165) is 4.31 Å². The van der Waals surface area contributed by atoms with Gasteiger partial charge in [0.05, 0.1) is 12.2 Å². The molecule has 32 heavy (non-hydrogen) atoms. The highest BCUT2D eigenvalue weighted by molar-refractivity contribution is 7.86. The van der Waals surface area contributed by atoms with Gasteiger partial charge in [-0.1, -0.05) is 12.5 Å². The van der Waals surface area contributed by atoms with Gasteiger partial charge in [0.25, 0.3) is 10.2 Å². The van der Waals surface area contributed by atoms with Crippen LogP contribution in [0.3, 0.4) is 0 Å². The van der Waals surface area contributed by atoms with Crippen LogP contribution >= 0.6 is 0 Å². The van der Waals surface area contributed by atoms with Gasteiger partial charge in [-0.25, -0.2) is 0 Å². The Morgan fingerprint density at radius 2 is 2.06 bits per heavy atom. The van der Waals surface area contributed by atoms with Crippen LogP contribution in [0.5, 0.6) is 0 Å². The average molecular weight is 469 g/mol. The molecule has 3 rings (SSSR count). The standard InChI is InChI=1S/C19H32BN5O6S/c1-14(18(21)7-8-18)25(12-16-6-2-3-10-23-16)32(30,31)24-11-15(5-4-9-20(28)29)19(22,13-24)17(26)27/h2-3,6,10,14-15,28-29H,4-5,7-9,11-13,21-22H2,1H3,(H,26,27)/t14?,15-,19-/m0/s1. The van der Waals surface area contributed by atoms with Crippen LogP contribution in [-0.2, 0) is 21.5 Å². The van der Waals surface area contributed by atoms with Gasteiger partial charge in [0, 0.05) is 36.8 Å². The summed E-state index contributed by atoms with van der Waals surface area (Å²) < 4.78 is 29.9. The zero-order chi connectivity index (χ0) is 23.7. The molecule has 2 fully saturated rings. The zero-order valence-electron chi connectivity index (χ0n) is 18.2. The lowest BCUT2D eigenvalue weighted by Gasteiger charge is -2.35. The first kappa shape index (κ1) is 25.0. The van der Waals surface area contributed by atoms with Crippen LogP contribution in [0.4, 0.5) is 0 Å². The van der Waals surface area contributed by atoms with Gasteiger partial charge < -0.3 is 26.6 Å². The van der Waals surface area contributed by atoms with E-state index in [-0.39, 0.29) is 32.4 Å². The second-order valence-electron chi connectivity index (χ2n) is 9.03. The van der Waals surface area contributed by atoms with Crippen LogP contribution in [0.1, 0.15) is 38.3 Å². The van der Waals surface area contributed by atoms with Crippen LogP contribution in [0.15, 0.2) is 24.4 Å². The normalized spacial score (nSPS) is 26.2. The molecule has 1 aromatic heterocycles. The summed E-state index contributed by atoms with van der Waals surface area (Å²) in [7, 11) is -5.63. The van der Waals surface area contributed by atoms with Crippen molar-refractivity contribution in [2.24, 2.45) is 17.4 Å². The number of carboxylic acid groups (broad SMARTS) is 1. The minimum atomic E-state index is -4.12. The Morgan fingerprint density at radius 3 is 2.59 bits per heavy atom. The molecule has 0 aromatic carbocycles. The van der Waals surface area contributed by atoms with Gasteiger partial charge >= 0.3 is 13.1 Å². The lowest BCUT2D eigenvalue weighted by atomic mass is 9.78. The zero-order valence-corrected chi connectivity index (χ0v) is 19.0. The monoisotopic (exact) mass is 469 g/mol. The van der Waals surface area contributed by atoms with Crippen molar-refractivity contribution < 1.29 is 28.4 Å². The molecule has 1 aliphatic heterocycles. The molecular formula is C19H32BN5O6S. The number of carbonyl (C=O) groups is 1. The summed E-state index contributed by atoms with van der Waals surface area (Å²) in [6.45, 7) is 1.32. The van der Waals surface area contributed by atoms with Crippen molar-refractivity contribution in [2.75, 3.05) is 13.1 Å². The molecule has 13 heteroatoms. The van der Waals surface area contributed by atoms with E-state index < -0.39 is 46.3 Å². The number of rotatable bonds is 11. The highest BCUT2D eigenvalue weighted by atomic mass is 32.2. The van der Waals surface area contributed by atoms with Crippen molar-refractivity contribution in [3.8, 4) is 0 Å². The maximum absolute atomic E-state index is 13.7. The first-order chi connectivity index (χ1) is 14.9. The SMILES string of the molecule is CC(N(Cc1ccccn1)S(=O)(=O)N1C[C@H](CCCB(O)O)[C@](N)(C(=O)O)C1)C1(N)CC1. The Balaban J connectivity index is 1.87. The molecule has 11 nitrogen and oxygen atoms in total. The Bertz CT molecular complexity index is 916. The Kier molecular flexibility index (Phi) is 7.30. The fourth-order valence-corrected chi connectivity index (χ4v) is 6.22. The first-order valence-electron chi connectivity index (χ1n) is 10.7. The maximum atomic E-state index is 13.7. The highest BCUT2D eigenvalue weighted by Crippen LogP contribution is 2.41. The van der Waals surface area contributed by atoms with Crippen LogP contribution in [0.2, 0.25) is 6.32 Å². The van der Waals surface area contributed by atoms with Gasteiger partial charge in [-0.15, -0.1) is 0 Å². The van der Waals surface area contributed by atoms with Crippen LogP contribution in [0.25, 0.3) is 0 Å². The van der Waals surface area contributed by atoms with Gasteiger partial charge in [-0.2, -0.15) is 17.0 Å². The van der Waals surface area contributed by atoms with E-state index in [1.807, 2.05) is 0 Å². The van der Waals surface area contributed by atoms with Gasteiger partial charge in [0.1, 0.15) is 5.54 Å². The van der Waals surface area contributed by atoms with E-state index >= 15 is 0 Å². The van der Waals surface area contributed by atoms with Crippen molar-refractivity contribution in [2.45, 2.75) is 62.6 Å². The molecule has 3 atom stereocenters. The summed E-state index contributed by atoms with van der Waals surface area (Å²) in [5.41, 5.74) is 10.7. The van der Waals surface area contributed by atoms with E-state index in [1.165, 1.54) is 4.31 Å². The molecular weight excluding hydrogens is 437 g/mol. The largest absolute Gasteiger partial charge is 0.480 e. The predicted octanol–water partition coefficient (Wildman–Crippen LogP) is -1.02. The molecule has 2 heterocycles. The molecule has 7 N–H and O–H groups in total. The highest BCUT2D eigenvalue weighted by Gasteiger charge is 2.55. The van der Waals surface area contributed by atoms with Crippen molar-refractivity contribution in [3.63, 3.8) is 0 Å². The smallest absolute Gasteiger partial charge is 0.451 e. The fraction of sp³-hybridized carbons (Fsp3) is 0.684. The topological polar surface area (TPSA) is 183 Å². The molecule has 178 valence electrons. The van der Waals surface area contributed by atoms with Crippen molar-refractivity contribution in [1.29, 1.82) is 0 Å². The number of pyridine rings is 1. The summed E-state index contributed by atoms with van der Waals surface area (Å²) >= 11 is 0. The van der Waals surface area contributed by atoms with Crippen molar-refractivity contribution >= 4 is 23.3 Å². The quantitative estimate of drug-likeness (QED) is 0.253. The molecule has 0 spiro atoms. The summed E-state index contributed by atoms with van der Waals surface area (Å²) in [4.78, 5) is 16.2. The van der Waals surface area contributed by atoms with Crippen molar-refractivity contribution in [1.82, 2.24) is 13.6 Å². The number of aromatic nitrogens is 1. The van der Waals surface area contributed by atoms with Gasteiger partial charge in [-0.3, -0.25) is 9.78 Å². The first-order valence-corrected chi connectivity index (χ1v) is 12.1. The third kappa shape index (κ3) is 5.14. The summed E-state index contributed by atoms with van der Waals surface area (Å²) in [5.74, 6) is -1.96. The van der Waals surface area contributed by atoms with Crippen LogP contribution in [0, 0.1) is 5.92 Å². The minimum Gasteiger partial charge on any atom is -0.480 e. The van der Waals surface area contributed by atoms with Crippen molar-refractivity contribution in [3.05, 3.63) is 30.1 Å². The molecule has 1 aliphatic carbocycles. The molecule has 0 amide bonds. The summed E-state index contributed by atoms with van der Waals surface area (Å²) in [5, 5.41) is 27.9. The Hall–Kier alpha value is -1.61. The van der Waals surface area contributed by atoms with E-state index in [4.69, 9.17) is 21.5 Å².